The van der Waals surface area contributed by atoms with E-state index in [1.54, 1.807) is 0 Å². The van der Waals surface area contributed by atoms with Gasteiger partial charge in [0.2, 0.25) is 0 Å². The second kappa shape index (κ2) is 11.4. The lowest BCUT2D eigenvalue weighted by molar-refractivity contribution is 0.620. The van der Waals surface area contributed by atoms with Gasteiger partial charge in [-0.25, -0.2) is 4.39 Å². The maximum absolute atomic E-state index is 15.1. The summed E-state index contributed by atoms with van der Waals surface area (Å²) in [5.74, 6) is -0.103. The molecule has 3 heteroatoms. The fourth-order valence-electron chi connectivity index (χ4n) is 4.27. The summed E-state index contributed by atoms with van der Waals surface area (Å²) in [6, 6.07) is 22.2. The summed E-state index contributed by atoms with van der Waals surface area (Å²) >= 11 is 5.95. The van der Waals surface area contributed by atoms with Gasteiger partial charge in [0.1, 0.15) is 5.82 Å². The average Bonchev–Trinajstić information content (AvgIpc) is 2.84. The molecule has 0 saturated carbocycles. The number of benzene rings is 3. The lowest BCUT2D eigenvalue weighted by Gasteiger charge is -2.09. The summed E-state index contributed by atoms with van der Waals surface area (Å²) in [5, 5.41) is 2.38. The first-order valence-electron chi connectivity index (χ1n) is 12.0. The molecule has 0 fully saturated rings. The van der Waals surface area contributed by atoms with Crippen molar-refractivity contribution in [3.05, 3.63) is 112 Å². The highest BCUT2D eigenvalue weighted by atomic mass is 35.5. The van der Waals surface area contributed by atoms with Crippen LogP contribution in [-0.2, 0) is 32.1 Å². The maximum Gasteiger partial charge on any atom is 0.134 e. The summed E-state index contributed by atoms with van der Waals surface area (Å²) in [6.07, 6.45) is 10.1. The summed E-state index contributed by atoms with van der Waals surface area (Å²) in [6.45, 7) is 2.23. The number of nitrogens with zero attached hydrogens (tertiary/aromatic N) is 1. The molecule has 1 aromatic heterocycles. The van der Waals surface area contributed by atoms with Crippen LogP contribution in [0.15, 0.2) is 72.9 Å². The van der Waals surface area contributed by atoms with E-state index in [2.05, 4.69) is 30.1 Å². The third-order valence-corrected chi connectivity index (χ3v) is 6.57. The molecule has 0 aliphatic carbocycles. The zero-order valence-corrected chi connectivity index (χ0v) is 20.0. The quantitative estimate of drug-likeness (QED) is 0.217. The largest absolute Gasteiger partial charge is 0.261 e. The summed E-state index contributed by atoms with van der Waals surface area (Å²) in [7, 11) is 0. The van der Waals surface area contributed by atoms with Gasteiger partial charge in [0.05, 0.1) is 0 Å². The van der Waals surface area contributed by atoms with Crippen LogP contribution in [0.1, 0.15) is 54.1 Å². The molecular weight excluding hydrogens is 429 g/mol. The minimum absolute atomic E-state index is 0.103. The Morgan fingerprint density at radius 3 is 2.24 bits per heavy atom. The molecule has 170 valence electrons. The molecule has 0 N–H and O–H groups in total. The van der Waals surface area contributed by atoms with Gasteiger partial charge in [0.25, 0.3) is 0 Å². The number of unbranched alkanes of at least 4 members (excludes halogenated alkanes) is 2. The number of hydrogen-bond acceptors (Lipinski definition) is 1. The van der Waals surface area contributed by atoms with Crippen LogP contribution in [0.4, 0.5) is 4.39 Å². The monoisotopic (exact) mass is 459 g/mol. The van der Waals surface area contributed by atoms with Crippen LogP contribution in [0.5, 0.6) is 0 Å². The first kappa shape index (κ1) is 23.4. The van der Waals surface area contributed by atoms with Crippen molar-refractivity contribution in [2.45, 2.75) is 58.3 Å². The van der Waals surface area contributed by atoms with Gasteiger partial charge in [-0.2, -0.15) is 0 Å². The highest BCUT2D eigenvalue weighted by molar-refractivity contribution is 6.30. The molecule has 0 aliphatic rings. The highest BCUT2D eigenvalue weighted by Gasteiger charge is 2.09. The molecule has 1 heterocycles. The second-order valence-corrected chi connectivity index (χ2v) is 9.27. The standard InChI is InChI=1S/C30H31ClFN/c1-2-3-4-5-24-10-18-28(33-21-24)17-9-23-11-19-29-26(20-23)14-13-25(30(29)32)12-6-22-7-15-27(31)16-8-22/h7-8,10-11,13-16,18-21H,2-6,9,12,17H2,1H3. The summed E-state index contributed by atoms with van der Waals surface area (Å²) in [4.78, 5) is 4.64. The van der Waals surface area contributed by atoms with E-state index in [-0.39, 0.29) is 5.82 Å². The minimum atomic E-state index is -0.103. The van der Waals surface area contributed by atoms with E-state index in [1.807, 2.05) is 54.7 Å². The smallest absolute Gasteiger partial charge is 0.134 e. The van der Waals surface area contributed by atoms with Gasteiger partial charge in [0, 0.05) is 22.3 Å². The van der Waals surface area contributed by atoms with Gasteiger partial charge >= 0.3 is 0 Å². The van der Waals surface area contributed by atoms with Crippen molar-refractivity contribution in [2.75, 3.05) is 0 Å². The number of hydrogen-bond donors (Lipinski definition) is 0. The number of fused-ring (bicyclic) bond motifs is 1. The third kappa shape index (κ3) is 6.42. The van der Waals surface area contributed by atoms with Gasteiger partial charge in [-0.3, -0.25) is 4.98 Å². The Kier molecular flexibility index (Phi) is 8.12. The second-order valence-electron chi connectivity index (χ2n) is 8.84. The van der Waals surface area contributed by atoms with Crippen LogP contribution < -0.4 is 0 Å². The number of aromatic nitrogens is 1. The molecule has 0 bridgehead atoms. The predicted molar refractivity (Wildman–Crippen MR) is 138 cm³/mol. The Labute approximate surface area is 201 Å². The van der Waals surface area contributed by atoms with E-state index in [9.17, 15) is 0 Å². The molecule has 0 radical (unpaired) electrons. The average molecular weight is 460 g/mol. The topological polar surface area (TPSA) is 12.9 Å². The molecule has 33 heavy (non-hydrogen) atoms. The maximum atomic E-state index is 15.1. The predicted octanol–water partition coefficient (Wildman–Crippen LogP) is 8.33. The Bertz CT molecular complexity index is 1180. The molecule has 4 aromatic rings. The Morgan fingerprint density at radius 1 is 0.727 bits per heavy atom. The van der Waals surface area contributed by atoms with Gasteiger partial charge < -0.3 is 0 Å². The lowest BCUT2D eigenvalue weighted by atomic mass is 9.98. The molecule has 0 atom stereocenters. The molecule has 0 spiro atoms. The first-order valence-corrected chi connectivity index (χ1v) is 12.4. The van der Waals surface area contributed by atoms with Gasteiger partial charge in [-0.05, 0) is 84.4 Å². The van der Waals surface area contributed by atoms with Crippen molar-refractivity contribution in [2.24, 2.45) is 0 Å². The Morgan fingerprint density at radius 2 is 1.48 bits per heavy atom. The molecule has 4 rings (SSSR count). The SMILES string of the molecule is CCCCCc1ccc(CCc2ccc3c(F)c(CCc4ccc(Cl)cc4)ccc3c2)nc1. The van der Waals surface area contributed by atoms with Crippen LogP contribution in [0.3, 0.4) is 0 Å². The van der Waals surface area contributed by atoms with Crippen molar-refractivity contribution in [1.82, 2.24) is 4.98 Å². The van der Waals surface area contributed by atoms with Crippen molar-refractivity contribution >= 4 is 22.4 Å². The van der Waals surface area contributed by atoms with Crippen LogP contribution in [0.25, 0.3) is 10.8 Å². The van der Waals surface area contributed by atoms with Crippen LogP contribution >= 0.6 is 11.6 Å². The Hall–Kier alpha value is -2.71. The zero-order chi connectivity index (χ0) is 23.0. The molecule has 0 aliphatic heterocycles. The van der Waals surface area contributed by atoms with Gasteiger partial charge in [0.15, 0.2) is 0 Å². The highest BCUT2D eigenvalue weighted by Crippen LogP contribution is 2.24. The van der Waals surface area contributed by atoms with Crippen LogP contribution in [-0.4, -0.2) is 4.98 Å². The number of halogens is 2. The van der Waals surface area contributed by atoms with Crippen molar-refractivity contribution in [1.29, 1.82) is 0 Å². The third-order valence-electron chi connectivity index (χ3n) is 6.32. The minimum Gasteiger partial charge on any atom is -0.261 e. The van der Waals surface area contributed by atoms with Crippen LogP contribution in [0.2, 0.25) is 5.02 Å². The van der Waals surface area contributed by atoms with Crippen molar-refractivity contribution in [3.63, 3.8) is 0 Å². The van der Waals surface area contributed by atoms with Crippen LogP contribution in [0, 0.1) is 5.82 Å². The van der Waals surface area contributed by atoms with E-state index < -0.39 is 0 Å². The summed E-state index contributed by atoms with van der Waals surface area (Å²) < 4.78 is 15.1. The molecular formula is C30H31ClFN. The molecule has 3 aromatic carbocycles. The lowest BCUT2D eigenvalue weighted by Crippen LogP contribution is -1.98. The molecule has 0 unspecified atom stereocenters. The normalized spacial score (nSPS) is 11.2. The number of aryl methyl sites for hydroxylation is 5. The van der Waals surface area contributed by atoms with Crippen molar-refractivity contribution < 1.29 is 4.39 Å². The molecule has 0 amide bonds. The van der Waals surface area contributed by atoms with E-state index in [4.69, 9.17) is 11.6 Å². The van der Waals surface area contributed by atoms with E-state index in [0.29, 0.717) is 11.8 Å². The summed E-state index contributed by atoms with van der Waals surface area (Å²) in [5.41, 5.74) is 5.56. The van der Waals surface area contributed by atoms with Crippen molar-refractivity contribution in [3.8, 4) is 0 Å². The number of rotatable bonds is 10. The van der Waals surface area contributed by atoms with E-state index in [1.165, 1.54) is 30.4 Å². The van der Waals surface area contributed by atoms with E-state index in [0.717, 1.165) is 52.9 Å². The zero-order valence-electron chi connectivity index (χ0n) is 19.3. The van der Waals surface area contributed by atoms with Gasteiger partial charge in [-0.1, -0.05) is 79.9 Å². The van der Waals surface area contributed by atoms with E-state index >= 15 is 4.39 Å². The van der Waals surface area contributed by atoms with Gasteiger partial charge in [-0.15, -0.1) is 0 Å². The fraction of sp³-hybridized carbons (Fsp3) is 0.300. The molecule has 0 saturated heterocycles. The first-order chi connectivity index (χ1) is 16.1. The number of pyridine rings is 1. The fourth-order valence-corrected chi connectivity index (χ4v) is 4.39. The Balaban J connectivity index is 1.37. The molecule has 1 nitrogen and oxygen atoms in total.